The van der Waals surface area contributed by atoms with Crippen molar-refractivity contribution < 1.29 is 9.53 Å². The number of rotatable bonds is 7. The Balaban J connectivity index is 1.33. The molecule has 1 atom stereocenters. The van der Waals surface area contributed by atoms with E-state index in [0.29, 0.717) is 23.1 Å². The molecule has 8 heteroatoms. The summed E-state index contributed by atoms with van der Waals surface area (Å²) in [6.45, 7) is 1.71. The quantitative estimate of drug-likeness (QED) is 0.490. The molecule has 30 heavy (non-hydrogen) atoms. The van der Waals surface area contributed by atoms with Gasteiger partial charge >= 0.3 is 0 Å². The predicted molar refractivity (Wildman–Crippen MR) is 114 cm³/mol. The smallest absolute Gasteiger partial charge is 0.265 e. The van der Waals surface area contributed by atoms with E-state index in [1.165, 1.54) is 0 Å². The Morgan fingerprint density at radius 1 is 0.933 bits per heavy atom. The minimum absolute atomic E-state index is 0.223. The number of benzene rings is 2. The molecule has 4 rings (SSSR count). The van der Waals surface area contributed by atoms with Crippen molar-refractivity contribution in [2.75, 3.05) is 10.6 Å². The van der Waals surface area contributed by atoms with Gasteiger partial charge in [0.1, 0.15) is 5.75 Å². The minimum atomic E-state index is -0.617. The zero-order valence-corrected chi connectivity index (χ0v) is 16.3. The molecule has 0 saturated carbocycles. The molecule has 0 unspecified atom stereocenters. The highest BCUT2D eigenvalue weighted by molar-refractivity contribution is 5.94. The Morgan fingerprint density at radius 2 is 1.70 bits per heavy atom. The molecule has 1 amide bonds. The molecule has 2 aromatic carbocycles. The van der Waals surface area contributed by atoms with E-state index < -0.39 is 6.10 Å². The third kappa shape index (κ3) is 4.79. The number of carbonyl (C=O) groups excluding carboxylic acids is 1. The lowest BCUT2D eigenvalue weighted by Crippen LogP contribution is -2.30. The van der Waals surface area contributed by atoms with Crippen LogP contribution in [-0.2, 0) is 4.79 Å². The van der Waals surface area contributed by atoms with Crippen LogP contribution in [0.3, 0.4) is 0 Å². The van der Waals surface area contributed by atoms with E-state index in [2.05, 4.69) is 25.9 Å². The first-order chi connectivity index (χ1) is 14.7. The maximum absolute atomic E-state index is 12.3. The summed E-state index contributed by atoms with van der Waals surface area (Å²) in [6.07, 6.45) is 2.87. The van der Waals surface area contributed by atoms with E-state index in [9.17, 15) is 4.79 Å². The first kappa shape index (κ1) is 19.1. The summed E-state index contributed by atoms with van der Waals surface area (Å²) in [5, 5.41) is 18.4. The largest absolute Gasteiger partial charge is 0.481 e. The average molecular weight is 400 g/mol. The average Bonchev–Trinajstić information content (AvgIpc) is 3.31. The van der Waals surface area contributed by atoms with E-state index >= 15 is 0 Å². The SMILES string of the molecule is C[C@@H](Oc1ccccc1)C(=O)Nc1ccc(Nc2ccc(-n3cccn3)nn2)cc1. The standard InChI is InChI=1S/C22H20N6O2/c1-16(30-19-6-3-2-4-7-19)22(29)25-18-10-8-17(9-11-18)24-20-12-13-21(27-26-20)28-15-5-14-23-28/h2-16H,1H3,(H,24,26)(H,25,29)/t16-/m1/s1. The van der Waals surface area contributed by atoms with Crippen molar-refractivity contribution in [3.8, 4) is 11.6 Å². The van der Waals surface area contributed by atoms with Crippen molar-refractivity contribution in [1.29, 1.82) is 0 Å². The van der Waals surface area contributed by atoms with Crippen molar-refractivity contribution in [2.45, 2.75) is 13.0 Å². The summed E-state index contributed by atoms with van der Waals surface area (Å²) < 4.78 is 7.28. The fourth-order valence-electron chi connectivity index (χ4n) is 2.70. The number of aromatic nitrogens is 4. The van der Waals surface area contributed by atoms with Gasteiger partial charge in [0, 0.05) is 23.8 Å². The van der Waals surface area contributed by atoms with Crippen molar-refractivity contribution >= 4 is 23.1 Å². The zero-order chi connectivity index (χ0) is 20.8. The van der Waals surface area contributed by atoms with Crippen molar-refractivity contribution in [1.82, 2.24) is 20.0 Å². The molecule has 0 aliphatic rings. The number of ether oxygens (including phenoxy) is 1. The Bertz CT molecular complexity index is 1080. The maximum Gasteiger partial charge on any atom is 0.265 e. The van der Waals surface area contributed by atoms with Gasteiger partial charge in [0.2, 0.25) is 0 Å². The number of nitrogens with one attached hydrogen (secondary N) is 2. The molecular formula is C22H20N6O2. The van der Waals surface area contributed by atoms with Crippen LogP contribution in [0.15, 0.2) is 85.2 Å². The van der Waals surface area contributed by atoms with E-state index in [0.717, 1.165) is 5.69 Å². The number of nitrogens with zero attached hydrogens (tertiary/aromatic N) is 4. The van der Waals surface area contributed by atoms with Gasteiger partial charge in [0.15, 0.2) is 17.7 Å². The van der Waals surface area contributed by atoms with Gasteiger partial charge in [0.05, 0.1) is 0 Å². The number of anilines is 3. The number of hydrogen-bond acceptors (Lipinski definition) is 6. The number of amides is 1. The van der Waals surface area contributed by atoms with Gasteiger partial charge in [-0.05, 0) is 61.5 Å². The van der Waals surface area contributed by atoms with Gasteiger partial charge in [-0.3, -0.25) is 4.79 Å². The van der Waals surface area contributed by atoms with E-state index in [-0.39, 0.29) is 5.91 Å². The number of para-hydroxylation sites is 1. The molecular weight excluding hydrogens is 380 g/mol. The second-order valence-corrected chi connectivity index (χ2v) is 6.49. The molecule has 0 aliphatic heterocycles. The van der Waals surface area contributed by atoms with Crippen LogP contribution in [0, 0.1) is 0 Å². The minimum Gasteiger partial charge on any atom is -0.481 e. The second kappa shape index (κ2) is 8.87. The van der Waals surface area contributed by atoms with Crippen LogP contribution in [0.2, 0.25) is 0 Å². The molecule has 2 heterocycles. The molecule has 0 fully saturated rings. The Morgan fingerprint density at radius 3 is 2.37 bits per heavy atom. The van der Waals surface area contributed by atoms with Crippen LogP contribution in [0.5, 0.6) is 5.75 Å². The van der Waals surface area contributed by atoms with Crippen molar-refractivity contribution in [3.63, 3.8) is 0 Å². The summed E-state index contributed by atoms with van der Waals surface area (Å²) >= 11 is 0. The van der Waals surface area contributed by atoms with Crippen LogP contribution in [0.25, 0.3) is 5.82 Å². The third-order valence-corrected chi connectivity index (χ3v) is 4.24. The van der Waals surface area contributed by atoms with Gasteiger partial charge in [-0.1, -0.05) is 18.2 Å². The zero-order valence-electron chi connectivity index (χ0n) is 16.3. The lowest BCUT2D eigenvalue weighted by Gasteiger charge is -2.15. The van der Waals surface area contributed by atoms with Crippen molar-refractivity contribution in [2.24, 2.45) is 0 Å². The summed E-state index contributed by atoms with van der Waals surface area (Å²) in [4.78, 5) is 12.3. The summed E-state index contributed by atoms with van der Waals surface area (Å²) in [5.74, 6) is 1.67. The summed E-state index contributed by atoms with van der Waals surface area (Å²) in [6, 6.07) is 22.0. The van der Waals surface area contributed by atoms with Gasteiger partial charge in [-0.25, -0.2) is 4.68 Å². The normalized spacial score (nSPS) is 11.5. The fraction of sp³-hybridized carbons (Fsp3) is 0.0909. The van der Waals surface area contributed by atoms with Crippen LogP contribution in [0.4, 0.5) is 17.2 Å². The van der Waals surface area contributed by atoms with E-state index in [4.69, 9.17) is 4.74 Å². The molecule has 8 nitrogen and oxygen atoms in total. The van der Waals surface area contributed by atoms with Crippen LogP contribution in [0.1, 0.15) is 6.92 Å². The van der Waals surface area contributed by atoms with E-state index in [1.807, 2.05) is 60.7 Å². The predicted octanol–water partition coefficient (Wildman–Crippen LogP) is 3.81. The maximum atomic E-state index is 12.3. The van der Waals surface area contributed by atoms with Crippen molar-refractivity contribution in [3.05, 3.63) is 85.2 Å². The van der Waals surface area contributed by atoms with Gasteiger partial charge < -0.3 is 15.4 Å². The monoisotopic (exact) mass is 400 g/mol. The molecule has 2 N–H and O–H groups in total. The lowest BCUT2D eigenvalue weighted by molar-refractivity contribution is -0.122. The molecule has 150 valence electrons. The Hall–Kier alpha value is -4.20. The molecule has 4 aromatic rings. The number of carbonyl (C=O) groups is 1. The van der Waals surface area contributed by atoms with E-state index in [1.54, 1.807) is 36.1 Å². The number of hydrogen-bond donors (Lipinski definition) is 2. The summed E-state index contributed by atoms with van der Waals surface area (Å²) in [7, 11) is 0. The Labute approximate surface area is 173 Å². The van der Waals surface area contributed by atoms with Crippen LogP contribution < -0.4 is 15.4 Å². The van der Waals surface area contributed by atoms with Crippen LogP contribution >= 0.6 is 0 Å². The highest BCUT2D eigenvalue weighted by atomic mass is 16.5. The highest BCUT2D eigenvalue weighted by Crippen LogP contribution is 2.18. The molecule has 2 aromatic heterocycles. The van der Waals surface area contributed by atoms with Gasteiger partial charge in [0.25, 0.3) is 5.91 Å². The van der Waals surface area contributed by atoms with Gasteiger partial charge in [-0.15, -0.1) is 10.2 Å². The van der Waals surface area contributed by atoms with Crippen LogP contribution in [-0.4, -0.2) is 32.0 Å². The lowest BCUT2D eigenvalue weighted by atomic mass is 10.2. The molecule has 0 spiro atoms. The summed E-state index contributed by atoms with van der Waals surface area (Å²) in [5.41, 5.74) is 1.50. The molecule has 0 radical (unpaired) electrons. The third-order valence-electron chi connectivity index (χ3n) is 4.24. The van der Waals surface area contributed by atoms with Gasteiger partial charge in [-0.2, -0.15) is 5.10 Å². The molecule has 0 saturated heterocycles. The highest BCUT2D eigenvalue weighted by Gasteiger charge is 2.14. The fourth-order valence-corrected chi connectivity index (χ4v) is 2.70. The molecule has 0 bridgehead atoms. The first-order valence-electron chi connectivity index (χ1n) is 9.41. The molecule has 0 aliphatic carbocycles. The Kier molecular flexibility index (Phi) is 5.66. The first-order valence-corrected chi connectivity index (χ1v) is 9.41. The second-order valence-electron chi connectivity index (χ2n) is 6.49. The topological polar surface area (TPSA) is 94.0 Å².